The van der Waals surface area contributed by atoms with E-state index in [1.54, 1.807) is 0 Å². The van der Waals surface area contributed by atoms with Crippen LogP contribution in [-0.4, -0.2) is 37.4 Å². The highest BCUT2D eigenvalue weighted by atomic mass is 32.2. The van der Waals surface area contributed by atoms with Crippen molar-refractivity contribution in [3.8, 4) is 0 Å². The maximum absolute atomic E-state index is 11.1. The average Bonchev–Trinajstić information content (AvgIpc) is 2.78. The summed E-state index contributed by atoms with van der Waals surface area (Å²) in [5.41, 5.74) is 2.77. The number of fused-ring (bicyclic) bond motifs is 1. The SMILES string of the molecule is CS(=O)(=O)NCc1ccc2[nH]cc(CCNC(=O)O)c2c1. The molecule has 21 heavy (non-hydrogen) atoms. The van der Waals surface area contributed by atoms with Crippen LogP contribution in [0.4, 0.5) is 4.79 Å². The lowest BCUT2D eigenvalue weighted by Gasteiger charge is -2.04. The van der Waals surface area contributed by atoms with E-state index in [0.29, 0.717) is 13.0 Å². The quantitative estimate of drug-likeness (QED) is 0.638. The van der Waals surface area contributed by atoms with E-state index in [-0.39, 0.29) is 6.54 Å². The number of sulfonamides is 1. The minimum absolute atomic E-state index is 0.229. The smallest absolute Gasteiger partial charge is 0.404 e. The summed E-state index contributed by atoms with van der Waals surface area (Å²) in [6.45, 7) is 0.556. The number of rotatable bonds is 6. The van der Waals surface area contributed by atoms with E-state index < -0.39 is 16.1 Å². The van der Waals surface area contributed by atoms with Crippen LogP contribution in [-0.2, 0) is 23.0 Å². The van der Waals surface area contributed by atoms with Crippen molar-refractivity contribution in [2.75, 3.05) is 12.8 Å². The molecule has 1 heterocycles. The summed E-state index contributed by atoms with van der Waals surface area (Å²) < 4.78 is 24.7. The summed E-state index contributed by atoms with van der Waals surface area (Å²) >= 11 is 0. The van der Waals surface area contributed by atoms with Crippen molar-refractivity contribution in [3.05, 3.63) is 35.5 Å². The lowest BCUT2D eigenvalue weighted by Crippen LogP contribution is -2.23. The lowest BCUT2D eigenvalue weighted by atomic mass is 10.1. The van der Waals surface area contributed by atoms with Gasteiger partial charge in [0.1, 0.15) is 0 Å². The molecule has 0 unspecified atom stereocenters. The Labute approximate surface area is 122 Å². The molecule has 0 fully saturated rings. The van der Waals surface area contributed by atoms with Gasteiger partial charge in [-0.1, -0.05) is 6.07 Å². The molecule has 0 spiro atoms. The number of amides is 1. The Morgan fingerprint density at radius 3 is 2.81 bits per heavy atom. The van der Waals surface area contributed by atoms with Crippen molar-refractivity contribution in [2.24, 2.45) is 0 Å². The molecule has 0 aliphatic heterocycles. The summed E-state index contributed by atoms with van der Waals surface area (Å²) in [6, 6.07) is 5.62. The minimum atomic E-state index is -3.23. The molecule has 0 saturated carbocycles. The van der Waals surface area contributed by atoms with E-state index in [1.165, 1.54) is 0 Å². The largest absolute Gasteiger partial charge is 0.465 e. The molecule has 0 aliphatic carbocycles. The second-order valence-electron chi connectivity index (χ2n) is 4.77. The third kappa shape index (κ3) is 4.47. The molecule has 1 aromatic heterocycles. The first-order valence-corrected chi connectivity index (χ1v) is 8.24. The molecule has 114 valence electrons. The summed E-state index contributed by atoms with van der Waals surface area (Å²) in [4.78, 5) is 13.6. The van der Waals surface area contributed by atoms with Crippen LogP contribution in [0.1, 0.15) is 11.1 Å². The van der Waals surface area contributed by atoms with Crippen molar-refractivity contribution in [1.29, 1.82) is 0 Å². The number of H-pyrrole nitrogens is 1. The number of carbonyl (C=O) groups is 1. The van der Waals surface area contributed by atoms with Crippen LogP contribution in [0.3, 0.4) is 0 Å². The molecule has 0 saturated heterocycles. The zero-order valence-corrected chi connectivity index (χ0v) is 12.3. The maximum atomic E-state index is 11.1. The molecular weight excluding hydrogens is 294 g/mol. The van der Waals surface area contributed by atoms with Crippen LogP contribution in [0.2, 0.25) is 0 Å². The maximum Gasteiger partial charge on any atom is 0.404 e. The Morgan fingerprint density at radius 2 is 2.14 bits per heavy atom. The van der Waals surface area contributed by atoms with Crippen LogP contribution in [0.25, 0.3) is 10.9 Å². The predicted molar refractivity (Wildman–Crippen MR) is 79.7 cm³/mol. The third-order valence-electron chi connectivity index (χ3n) is 3.04. The van der Waals surface area contributed by atoms with Crippen molar-refractivity contribution in [3.63, 3.8) is 0 Å². The Morgan fingerprint density at radius 1 is 1.38 bits per heavy atom. The molecule has 8 heteroatoms. The van der Waals surface area contributed by atoms with Gasteiger partial charge in [0.05, 0.1) is 6.26 Å². The zero-order chi connectivity index (χ0) is 15.5. The topological polar surface area (TPSA) is 111 Å². The Hall–Kier alpha value is -2.06. The van der Waals surface area contributed by atoms with Crippen LogP contribution < -0.4 is 10.0 Å². The molecule has 0 radical (unpaired) electrons. The van der Waals surface area contributed by atoms with E-state index >= 15 is 0 Å². The highest BCUT2D eigenvalue weighted by molar-refractivity contribution is 7.88. The van der Waals surface area contributed by atoms with E-state index in [1.807, 2.05) is 24.4 Å². The van der Waals surface area contributed by atoms with Crippen LogP contribution in [0, 0.1) is 0 Å². The van der Waals surface area contributed by atoms with Gasteiger partial charge in [0, 0.05) is 30.2 Å². The summed E-state index contributed by atoms with van der Waals surface area (Å²) in [5.74, 6) is 0. The van der Waals surface area contributed by atoms with Gasteiger partial charge in [0.2, 0.25) is 10.0 Å². The summed E-state index contributed by atoms with van der Waals surface area (Å²) in [5, 5.41) is 11.8. The normalized spacial score (nSPS) is 11.7. The molecule has 2 rings (SSSR count). The first-order valence-electron chi connectivity index (χ1n) is 6.35. The van der Waals surface area contributed by atoms with Crippen LogP contribution in [0.15, 0.2) is 24.4 Å². The first kappa shape index (κ1) is 15.3. The van der Waals surface area contributed by atoms with Crippen molar-refractivity contribution in [2.45, 2.75) is 13.0 Å². The molecule has 1 aromatic carbocycles. The number of nitrogens with one attached hydrogen (secondary N) is 3. The van der Waals surface area contributed by atoms with Gasteiger partial charge < -0.3 is 15.4 Å². The number of aromatic nitrogens is 1. The molecule has 0 aliphatic rings. The van der Waals surface area contributed by atoms with Gasteiger partial charge in [-0.05, 0) is 29.7 Å². The lowest BCUT2D eigenvalue weighted by molar-refractivity contribution is 0.194. The first-order chi connectivity index (χ1) is 9.85. The molecule has 2 aromatic rings. The molecular formula is C13H17N3O4S. The van der Waals surface area contributed by atoms with E-state index in [2.05, 4.69) is 15.0 Å². The average molecular weight is 311 g/mol. The Kier molecular flexibility index (Phi) is 4.49. The molecule has 1 amide bonds. The number of carboxylic acid groups (broad SMARTS) is 1. The van der Waals surface area contributed by atoms with Gasteiger partial charge in [0.25, 0.3) is 0 Å². The summed E-state index contributed by atoms with van der Waals surface area (Å²) in [6.07, 6.45) is 2.47. The van der Waals surface area contributed by atoms with Gasteiger partial charge in [0.15, 0.2) is 0 Å². The molecule has 7 nitrogen and oxygen atoms in total. The highest BCUT2D eigenvalue weighted by Gasteiger charge is 2.07. The van der Waals surface area contributed by atoms with Crippen molar-refractivity contribution in [1.82, 2.24) is 15.0 Å². The standard InChI is InChI=1S/C13H17N3O4S/c1-21(19,20)16-7-9-2-3-12-11(6-9)10(8-15-12)4-5-14-13(17)18/h2-3,6,8,14-16H,4-5,7H2,1H3,(H,17,18). The van der Waals surface area contributed by atoms with Gasteiger partial charge in [-0.25, -0.2) is 17.9 Å². The van der Waals surface area contributed by atoms with Gasteiger partial charge >= 0.3 is 6.09 Å². The monoisotopic (exact) mass is 311 g/mol. The van der Waals surface area contributed by atoms with Gasteiger partial charge in [-0.3, -0.25) is 0 Å². The predicted octanol–water partition coefficient (Wildman–Crippen LogP) is 1.03. The van der Waals surface area contributed by atoms with Crippen LogP contribution >= 0.6 is 0 Å². The fourth-order valence-corrected chi connectivity index (χ4v) is 2.49. The number of benzene rings is 1. The molecule has 0 atom stereocenters. The van der Waals surface area contributed by atoms with Gasteiger partial charge in [-0.15, -0.1) is 0 Å². The minimum Gasteiger partial charge on any atom is -0.465 e. The number of hydrogen-bond donors (Lipinski definition) is 4. The second kappa shape index (κ2) is 6.15. The second-order valence-corrected chi connectivity index (χ2v) is 6.60. The van der Waals surface area contributed by atoms with Gasteiger partial charge in [-0.2, -0.15) is 0 Å². The fraction of sp³-hybridized carbons (Fsp3) is 0.308. The fourth-order valence-electron chi connectivity index (χ4n) is 2.06. The molecule has 0 bridgehead atoms. The van der Waals surface area contributed by atoms with Crippen molar-refractivity contribution < 1.29 is 18.3 Å². The third-order valence-corrected chi connectivity index (χ3v) is 3.71. The van der Waals surface area contributed by atoms with E-state index in [4.69, 9.17) is 5.11 Å². The summed E-state index contributed by atoms with van der Waals surface area (Å²) in [7, 11) is -3.23. The Balaban J connectivity index is 2.14. The van der Waals surface area contributed by atoms with E-state index in [0.717, 1.165) is 28.3 Å². The zero-order valence-electron chi connectivity index (χ0n) is 11.5. The Bertz CT molecular complexity index is 752. The molecule has 4 N–H and O–H groups in total. The number of aromatic amines is 1. The van der Waals surface area contributed by atoms with Crippen LogP contribution in [0.5, 0.6) is 0 Å². The van der Waals surface area contributed by atoms with E-state index in [9.17, 15) is 13.2 Å². The van der Waals surface area contributed by atoms with Crippen molar-refractivity contribution >= 4 is 27.0 Å². The highest BCUT2D eigenvalue weighted by Crippen LogP contribution is 2.20. The number of hydrogen-bond acceptors (Lipinski definition) is 3.